The van der Waals surface area contributed by atoms with Gasteiger partial charge in [-0.3, -0.25) is 4.79 Å². The number of aromatic nitrogens is 4. The predicted molar refractivity (Wildman–Crippen MR) is 95.9 cm³/mol. The fraction of sp³-hybridized carbons (Fsp3) is 0.556. The van der Waals surface area contributed by atoms with E-state index in [4.69, 9.17) is 11.6 Å². The number of nitrogens with one attached hydrogen (secondary N) is 2. The number of tetrazole rings is 1. The molecule has 0 radical (unpaired) electrons. The number of halogens is 2. The Hall–Kier alpha value is -2.02. The predicted octanol–water partition coefficient (Wildman–Crippen LogP) is 3.80. The van der Waals surface area contributed by atoms with E-state index in [0.717, 1.165) is 0 Å². The topological polar surface area (TPSA) is 83.6 Å². The first kappa shape index (κ1) is 18.8. The molecule has 2 N–H and O–H groups in total. The van der Waals surface area contributed by atoms with Crippen LogP contribution in [0, 0.1) is 17.7 Å². The molecule has 26 heavy (non-hydrogen) atoms. The maximum atomic E-state index is 13.9. The largest absolute Gasteiger partial charge is 0.342 e. The lowest BCUT2D eigenvalue weighted by atomic mass is 9.79. The van der Waals surface area contributed by atoms with Crippen molar-refractivity contribution in [2.24, 2.45) is 11.8 Å². The highest BCUT2D eigenvalue weighted by molar-refractivity contribution is 6.30. The number of H-pyrrole nitrogens is 1. The summed E-state index contributed by atoms with van der Waals surface area (Å²) < 4.78 is 13.9. The molecule has 0 aliphatic heterocycles. The summed E-state index contributed by atoms with van der Waals surface area (Å²) in [6.45, 7) is 2.13. The first-order chi connectivity index (χ1) is 12.5. The molecular formula is C18H23ClFN5O. The van der Waals surface area contributed by atoms with E-state index in [2.05, 4.69) is 32.9 Å². The van der Waals surface area contributed by atoms with Crippen LogP contribution in [0.25, 0.3) is 0 Å². The maximum Gasteiger partial charge on any atom is 0.221 e. The number of carbonyl (C=O) groups excluding carboxylic acids is 1. The molecule has 6 nitrogen and oxygen atoms in total. The summed E-state index contributed by atoms with van der Waals surface area (Å²) in [4.78, 5) is 12.6. The molecule has 1 aliphatic carbocycles. The number of hydrogen-bond donors (Lipinski definition) is 2. The van der Waals surface area contributed by atoms with Gasteiger partial charge in [0.2, 0.25) is 11.7 Å². The fourth-order valence-electron chi connectivity index (χ4n) is 3.66. The van der Waals surface area contributed by atoms with Crippen molar-refractivity contribution in [1.82, 2.24) is 25.9 Å². The van der Waals surface area contributed by atoms with Gasteiger partial charge in [0.25, 0.3) is 0 Å². The molecule has 1 heterocycles. The Morgan fingerprint density at radius 3 is 2.81 bits per heavy atom. The average molecular weight is 380 g/mol. The van der Waals surface area contributed by atoms with Crippen molar-refractivity contribution in [2.45, 2.75) is 51.5 Å². The monoisotopic (exact) mass is 379 g/mol. The lowest BCUT2D eigenvalue weighted by Crippen LogP contribution is -2.32. The number of benzene rings is 1. The Balaban J connectivity index is 1.71. The van der Waals surface area contributed by atoms with Gasteiger partial charge in [-0.25, -0.2) is 4.39 Å². The minimum Gasteiger partial charge on any atom is -0.342 e. The number of nitrogens with zero attached hydrogens (tertiary/aromatic N) is 3. The second kappa shape index (κ2) is 8.58. The molecule has 3 rings (SSSR count). The van der Waals surface area contributed by atoms with E-state index >= 15 is 0 Å². The molecule has 140 valence electrons. The van der Waals surface area contributed by atoms with Crippen molar-refractivity contribution in [1.29, 1.82) is 0 Å². The van der Waals surface area contributed by atoms with Gasteiger partial charge in [0.05, 0.1) is 5.02 Å². The molecule has 0 bridgehead atoms. The van der Waals surface area contributed by atoms with Gasteiger partial charge in [0.15, 0.2) is 0 Å². The first-order valence-electron chi connectivity index (χ1n) is 9.02. The van der Waals surface area contributed by atoms with E-state index in [9.17, 15) is 9.18 Å². The zero-order valence-electron chi connectivity index (χ0n) is 14.7. The van der Waals surface area contributed by atoms with Gasteiger partial charge in [-0.15, -0.1) is 10.2 Å². The summed E-state index contributed by atoms with van der Waals surface area (Å²) in [6.07, 6.45) is 6.57. The smallest absolute Gasteiger partial charge is 0.221 e. The molecule has 2 aromatic rings. The summed E-state index contributed by atoms with van der Waals surface area (Å²) >= 11 is 5.76. The highest BCUT2D eigenvalue weighted by Crippen LogP contribution is 2.32. The molecule has 0 saturated heterocycles. The quantitative estimate of drug-likeness (QED) is 0.799. The lowest BCUT2D eigenvalue weighted by molar-refractivity contribution is -0.122. The molecule has 0 spiro atoms. The summed E-state index contributed by atoms with van der Waals surface area (Å²) in [7, 11) is 0. The van der Waals surface area contributed by atoms with Crippen molar-refractivity contribution in [3.8, 4) is 0 Å². The van der Waals surface area contributed by atoms with Crippen LogP contribution in [-0.2, 0) is 4.79 Å². The van der Waals surface area contributed by atoms with Gasteiger partial charge in [-0.05, 0) is 29.5 Å². The van der Waals surface area contributed by atoms with Gasteiger partial charge in [-0.1, -0.05) is 61.9 Å². The van der Waals surface area contributed by atoms with Crippen molar-refractivity contribution in [3.05, 3.63) is 40.4 Å². The Labute approximate surface area is 156 Å². The Bertz CT molecular complexity index is 733. The minimum atomic E-state index is -0.674. The zero-order valence-corrected chi connectivity index (χ0v) is 15.5. The van der Waals surface area contributed by atoms with Crippen LogP contribution in [0.5, 0.6) is 0 Å². The Morgan fingerprint density at radius 1 is 1.38 bits per heavy atom. The number of rotatable bonds is 6. The third kappa shape index (κ3) is 4.58. The van der Waals surface area contributed by atoms with Crippen LogP contribution in [0.3, 0.4) is 0 Å². The number of aromatic amines is 1. The first-order valence-corrected chi connectivity index (χ1v) is 9.40. The maximum absolute atomic E-state index is 13.9. The summed E-state index contributed by atoms with van der Waals surface area (Å²) in [5.74, 6) is 0.524. The van der Waals surface area contributed by atoms with Crippen LogP contribution in [0.4, 0.5) is 4.39 Å². The van der Waals surface area contributed by atoms with Crippen LogP contribution >= 0.6 is 11.6 Å². The normalized spacial score (nSPS) is 17.7. The van der Waals surface area contributed by atoms with E-state index in [1.807, 2.05) is 0 Å². The average Bonchev–Trinajstić information content (AvgIpc) is 3.17. The molecule has 1 amide bonds. The Kier molecular flexibility index (Phi) is 6.19. The van der Waals surface area contributed by atoms with E-state index in [-0.39, 0.29) is 16.8 Å². The fourth-order valence-corrected chi connectivity index (χ4v) is 3.78. The van der Waals surface area contributed by atoms with Crippen LogP contribution in [-0.4, -0.2) is 26.5 Å². The van der Waals surface area contributed by atoms with E-state index < -0.39 is 11.9 Å². The van der Waals surface area contributed by atoms with Gasteiger partial charge in [0, 0.05) is 6.42 Å². The molecule has 1 aromatic carbocycles. The van der Waals surface area contributed by atoms with Crippen molar-refractivity contribution in [2.75, 3.05) is 0 Å². The van der Waals surface area contributed by atoms with Crippen LogP contribution in [0.15, 0.2) is 18.2 Å². The van der Waals surface area contributed by atoms with Gasteiger partial charge in [-0.2, -0.15) is 5.21 Å². The number of amides is 1. The summed E-state index contributed by atoms with van der Waals surface area (Å²) in [5.41, 5.74) is 0.520. The third-order valence-corrected chi connectivity index (χ3v) is 5.47. The third-order valence-electron chi connectivity index (χ3n) is 5.16. The second-order valence-corrected chi connectivity index (χ2v) is 7.43. The van der Waals surface area contributed by atoms with Gasteiger partial charge >= 0.3 is 0 Å². The van der Waals surface area contributed by atoms with Crippen molar-refractivity contribution >= 4 is 17.5 Å². The minimum absolute atomic E-state index is 0.0258. The van der Waals surface area contributed by atoms with E-state index in [0.29, 0.717) is 23.8 Å². The van der Waals surface area contributed by atoms with Gasteiger partial charge < -0.3 is 5.32 Å². The molecule has 1 saturated carbocycles. The Morgan fingerprint density at radius 2 is 2.15 bits per heavy atom. The molecule has 1 fully saturated rings. The number of carbonyl (C=O) groups is 1. The standard InChI is InChI=1S/C18H23ClFN5O/c1-11(12-5-3-2-4-6-12)9-16(26)21-17(18-22-24-25-23-18)13-7-8-14(19)15(20)10-13/h7-8,10-12,17H,2-6,9H2,1H3,(H,21,26)(H,22,23,24,25)/t11-,17+/m0/s1. The number of hydrogen-bond acceptors (Lipinski definition) is 4. The van der Waals surface area contributed by atoms with Gasteiger partial charge in [0.1, 0.15) is 11.9 Å². The summed E-state index contributed by atoms with van der Waals surface area (Å²) in [6, 6.07) is 3.72. The van der Waals surface area contributed by atoms with Crippen LogP contribution < -0.4 is 5.32 Å². The molecule has 1 aliphatic rings. The van der Waals surface area contributed by atoms with Crippen LogP contribution in [0.1, 0.15) is 62.9 Å². The molecule has 0 unspecified atom stereocenters. The molecule has 2 atom stereocenters. The molecule has 8 heteroatoms. The van der Waals surface area contributed by atoms with E-state index in [1.165, 1.54) is 44.2 Å². The summed E-state index contributed by atoms with van der Waals surface area (Å²) in [5, 5.41) is 16.8. The lowest BCUT2D eigenvalue weighted by Gasteiger charge is -2.27. The zero-order chi connectivity index (χ0) is 18.5. The molecule has 1 aromatic heterocycles. The van der Waals surface area contributed by atoms with E-state index in [1.54, 1.807) is 6.07 Å². The van der Waals surface area contributed by atoms with Crippen LogP contribution in [0.2, 0.25) is 5.02 Å². The van der Waals surface area contributed by atoms with Crippen molar-refractivity contribution < 1.29 is 9.18 Å². The SMILES string of the molecule is C[C@@H](CC(=O)N[C@H](c1ccc(Cl)c(F)c1)c1nn[nH]n1)C1CCCCC1. The highest BCUT2D eigenvalue weighted by atomic mass is 35.5. The molecular weight excluding hydrogens is 357 g/mol. The highest BCUT2D eigenvalue weighted by Gasteiger charge is 2.26. The van der Waals surface area contributed by atoms with Crippen molar-refractivity contribution in [3.63, 3.8) is 0 Å². The second-order valence-electron chi connectivity index (χ2n) is 7.02.